The summed E-state index contributed by atoms with van der Waals surface area (Å²) < 4.78 is 12.2. The summed E-state index contributed by atoms with van der Waals surface area (Å²) in [7, 11) is 0. The van der Waals surface area contributed by atoms with E-state index in [1.54, 1.807) is 13.8 Å². The molecule has 1 unspecified atom stereocenters. The molecule has 1 aromatic carbocycles. The number of hydrogen-bond donors (Lipinski definition) is 0. The maximum absolute atomic E-state index is 13.4. The predicted octanol–water partition coefficient (Wildman–Crippen LogP) is 2.61. The average Bonchev–Trinajstić information content (AvgIpc) is 3.33. The first-order valence-corrected chi connectivity index (χ1v) is 10.6. The van der Waals surface area contributed by atoms with Gasteiger partial charge in [-0.15, -0.1) is 0 Å². The van der Waals surface area contributed by atoms with Crippen molar-refractivity contribution in [1.29, 1.82) is 0 Å². The molecule has 0 amide bonds. The molecular weight excluding hydrogens is 434 g/mol. The van der Waals surface area contributed by atoms with Gasteiger partial charge in [0, 0.05) is 6.08 Å². The number of fused-ring (bicyclic) bond motifs is 1. The number of rotatable bonds is 5. The minimum atomic E-state index is -0.709. The topological polar surface area (TPSA) is 117 Å². The van der Waals surface area contributed by atoms with Gasteiger partial charge >= 0.3 is 11.9 Å². The van der Waals surface area contributed by atoms with Crippen LogP contribution in [0.15, 0.2) is 61.9 Å². The standard InChI is InChI=1S/C22H19N3O6S/c1-4-30-21(27)18-13(3)23-22-24(19(18)14-7-5-12(2)6-8-14)20(26)16(32-22)11-15-9-10-17(31-15)25(28)29/h5-11,19H,4H2,1-3H3/b16-11-. The van der Waals surface area contributed by atoms with E-state index >= 15 is 0 Å². The first kappa shape index (κ1) is 21.4. The number of thiazole rings is 1. The molecule has 0 spiro atoms. The van der Waals surface area contributed by atoms with Crippen LogP contribution in [0.25, 0.3) is 6.08 Å². The van der Waals surface area contributed by atoms with Crippen LogP contribution < -0.4 is 14.9 Å². The van der Waals surface area contributed by atoms with Crippen LogP contribution in [0, 0.1) is 17.0 Å². The summed E-state index contributed by atoms with van der Waals surface area (Å²) in [5.41, 5.74) is 2.17. The fourth-order valence-corrected chi connectivity index (χ4v) is 4.53. The van der Waals surface area contributed by atoms with E-state index in [-0.39, 0.29) is 22.5 Å². The van der Waals surface area contributed by atoms with Crippen molar-refractivity contribution in [2.45, 2.75) is 26.8 Å². The highest BCUT2D eigenvalue weighted by Crippen LogP contribution is 2.30. The van der Waals surface area contributed by atoms with E-state index in [9.17, 15) is 19.7 Å². The summed E-state index contributed by atoms with van der Waals surface area (Å²) in [6.45, 7) is 5.57. The van der Waals surface area contributed by atoms with E-state index in [2.05, 4.69) is 4.99 Å². The smallest absolute Gasteiger partial charge is 0.433 e. The summed E-state index contributed by atoms with van der Waals surface area (Å²) in [6, 6.07) is 9.48. The van der Waals surface area contributed by atoms with E-state index in [1.807, 2.05) is 31.2 Å². The molecule has 1 aliphatic rings. The third kappa shape index (κ3) is 3.80. The van der Waals surface area contributed by atoms with Crippen molar-refractivity contribution in [3.05, 3.63) is 94.4 Å². The van der Waals surface area contributed by atoms with Gasteiger partial charge in [0.2, 0.25) is 0 Å². The van der Waals surface area contributed by atoms with Crippen LogP contribution in [0.2, 0.25) is 0 Å². The summed E-state index contributed by atoms with van der Waals surface area (Å²) in [4.78, 5) is 41.3. The van der Waals surface area contributed by atoms with Gasteiger partial charge in [0.05, 0.1) is 34.5 Å². The summed E-state index contributed by atoms with van der Waals surface area (Å²) in [6.07, 6.45) is 1.44. The molecule has 0 N–H and O–H groups in total. The Hall–Kier alpha value is -3.79. The number of nitrogens with zero attached hydrogens (tertiary/aromatic N) is 3. The van der Waals surface area contributed by atoms with Crippen LogP contribution in [0.3, 0.4) is 0 Å². The maximum atomic E-state index is 13.4. The molecule has 0 bridgehead atoms. The van der Waals surface area contributed by atoms with Crippen molar-refractivity contribution in [2.75, 3.05) is 6.61 Å². The molecule has 3 heterocycles. The Labute approximate surface area is 185 Å². The predicted molar refractivity (Wildman–Crippen MR) is 117 cm³/mol. The van der Waals surface area contributed by atoms with Gasteiger partial charge in [0.1, 0.15) is 10.7 Å². The molecule has 3 aromatic rings. The number of carbonyl (C=O) groups excluding carboxylic acids is 1. The largest absolute Gasteiger partial charge is 0.463 e. The lowest BCUT2D eigenvalue weighted by molar-refractivity contribution is -0.402. The van der Waals surface area contributed by atoms with Crippen molar-refractivity contribution in [3.8, 4) is 0 Å². The molecule has 0 saturated heterocycles. The second-order valence-corrected chi connectivity index (χ2v) is 8.16. The van der Waals surface area contributed by atoms with Gasteiger partial charge < -0.3 is 9.15 Å². The molecule has 10 heteroatoms. The lowest BCUT2D eigenvalue weighted by atomic mass is 9.95. The average molecular weight is 453 g/mol. The zero-order valence-electron chi connectivity index (χ0n) is 17.5. The molecule has 32 heavy (non-hydrogen) atoms. The molecule has 0 fully saturated rings. The van der Waals surface area contributed by atoms with Crippen molar-refractivity contribution in [2.24, 2.45) is 4.99 Å². The molecule has 4 rings (SSSR count). The van der Waals surface area contributed by atoms with Crippen molar-refractivity contribution >= 4 is 29.3 Å². The van der Waals surface area contributed by atoms with E-state index in [1.165, 1.54) is 22.8 Å². The summed E-state index contributed by atoms with van der Waals surface area (Å²) in [5.74, 6) is -0.771. The number of carbonyl (C=O) groups is 1. The number of allylic oxidation sites excluding steroid dienone is 1. The van der Waals surface area contributed by atoms with E-state index in [0.29, 0.717) is 16.1 Å². The molecule has 164 valence electrons. The second kappa shape index (κ2) is 8.39. The molecule has 0 saturated carbocycles. The van der Waals surface area contributed by atoms with E-state index in [4.69, 9.17) is 9.15 Å². The van der Waals surface area contributed by atoms with Crippen molar-refractivity contribution in [1.82, 2.24) is 4.57 Å². The van der Waals surface area contributed by atoms with Gasteiger partial charge in [-0.05, 0) is 32.4 Å². The maximum Gasteiger partial charge on any atom is 0.433 e. The third-order valence-corrected chi connectivity index (χ3v) is 5.96. The molecule has 1 aliphatic heterocycles. The zero-order valence-corrected chi connectivity index (χ0v) is 18.3. The Morgan fingerprint density at radius 3 is 2.62 bits per heavy atom. The number of nitro groups is 1. The van der Waals surface area contributed by atoms with Crippen LogP contribution in [0.5, 0.6) is 0 Å². The van der Waals surface area contributed by atoms with Gasteiger partial charge in [-0.1, -0.05) is 41.2 Å². The molecule has 0 radical (unpaired) electrons. The van der Waals surface area contributed by atoms with E-state index in [0.717, 1.165) is 22.5 Å². The molecule has 9 nitrogen and oxygen atoms in total. The number of ether oxygens (including phenoxy) is 1. The number of aromatic nitrogens is 1. The Bertz CT molecular complexity index is 1430. The third-order valence-electron chi connectivity index (χ3n) is 4.98. The van der Waals surface area contributed by atoms with Crippen LogP contribution in [-0.4, -0.2) is 22.1 Å². The normalized spacial score (nSPS) is 16.0. The first-order chi connectivity index (χ1) is 15.3. The molecule has 1 atom stereocenters. The van der Waals surface area contributed by atoms with E-state index < -0.39 is 22.8 Å². The van der Waals surface area contributed by atoms with Crippen LogP contribution >= 0.6 is 11.3 Å². The van der Waals surface area contributed by atoms with Gasteiger partial charge in [0.25, 0.3) is 5.56 Å². The number of esters is 1. The Morgan fingerprint density at radius 1 is 1.28 bits per heavy atom. The minimum absolute atomic E-state index is 0.176. The molecule has 2 aromatic heterocycles. The molecular formula is C22H19N3O6S. The number of furan rings is 1. The highest BCUT2D eigenvalue weighted by atomic mass is 32.1. The van der Waals surface area contributed by atoms with Crippen molar-refractivity contribution in [3.63, 3.8) is 0 Å². The van der Waals surface area contributed by atoms with Crippen LogP contribution in [-0.2, 0) is 9.53 Å². The van der Waals surface area contributed by atoms with Crippen molar-refractivity contribution < 1.29 is 18.9 Å². The Balaban J connectivity index is 1.93. The quantitative estimate of drug-likeness (QED) is 0.333. The monoisotopic (exact) mass is 453 g/mol. The molecule has 0 aliphatic carbocycles. The Kier molecular flexibility index (Phi) is 5.62. The first-order valence-electron chi connectivity index (χ1n) is 9.80. The van der Waals surface area contributed by atoms with Crippen LogP contribution in [0.1, 0.15) is 36.8 Å². The number of benzene rings is 1. The van der Waals surface area contributed by atoms with Gasteiger partial charge in [-0.2, -0.15) is 0 Å². The Morgan fingerprint density at radius 2 is 2.00 bits per heavy atom. The number of aryl methyl sites for hydroxylation is 1. The SMILES string of the molecule is CCOC(=O)C1=C(C)N=c2s/c(=C\c3ccc([N+](=O)[O-])o3)c(=O)n2C1c1ccc(C)cc1. The lowest BCUT2D eigenvalue weighted by Gasteiger charge is -2.24. The number of hydrogen-bond acceptors (Lipinski definition) is 8. The lowest BCUT2D eigenvalue weighted by Crippen LogP contribution is -2.39. The van der Waals surface area contributed by atoms with Gasteiger partial charge in [-0.25, -0.2) is 9.79 Å². The summed E-state index contributed by atoms with van der Waals surface area (Å²) >= 11 is 1.12. The van der Waals surface area contributed by atoms with Gasteiger partial charge in [0.15, 0.2) is 4.80 Å². The fraction of sp³-hybridized carbons (Fsp3) is 0.227. The zero-order chi connectivity index (χ0) is 23.0. The van der Waals surface area contributed by atoms with Crippen LogP contribution in [0.4, 0.5) is 5.88 Å². The van der Waals surface area contributed by atoms with Gasteiger partial charge in [-0.3, -0.25) is 19.5 Å². The second-order valence-electron chi connectivity index (χ2n) is 7.15. The highest BCUT2D eigenvalue weighted by molar-refractivity contribution is 7.07. The minimum Gasteiger partial charge on any atom is -0.463 e. The fourth-order valence-electron chi connectivity index (χ4n) is 3.50. The summed E-state index contributed by atoms with van der Waals surface area (Å²) in [5, 5.41) is 10.9. The highest BCUT2D eigenvalue weighted by Gasteiger charge is 2.33.